The summed E-state index contributed by atoms with van der Waals surface area (Å²) in [5.74, 6) is -1.11. The minimum absolute atomic E-state index is 0.0792. The van der Waals surface area contributed by atoms with Gasteiger partial charge in [-0.3, -0.25) is 24.4 Å². The highest BCUT2D eigenvalue weighted by Gasteiger charge is 2.36. The number of alkyl halides is 3. The van der Waals surface area contributed by atoms with Crippen LogP contribution in [0.2, 0.25) is 0 Å². The number of carbonyl (C=O) groups is 1. The molecule has 3 aromatic rings. The zero-order chi connectivity index (χ0) is 27.0. The van der Waals surface area contributed by atoms with E-state index in [2.05, 4.69) is 35.3 Å². The summed E-state index contributed by atoms with van der Waals surface area (Å²) >= 11 is 0. The lowest BCUT2D eigenvalue weighted by Gasteiger charge is -2.26. The molecule has 0 saturated carbocycles. The van der Waals surface area contributed by atoms with Gasteiger partial charge in [0.1, 0.15) is 18.2 Å². The first-order chi connectivity index (χ1) is 17.4. The zero-order valence-corrected chi connectivity index (χ0v) is 21.0. The highest BCUT2D eigenvalue weighted by atomic mass is 19.4. The van der Waals surface area contributed by atoms with Crippen molar-refractivity contribution in [3.05, 3.63) is 59.7 Å². The van der Waals surface area contributed by atoms with Crippen molar-refractivity contribution in [2.45, 2.75) is 38.9 Å². The van der Waals surface area contributed by atoms with Gasteiger partial charge in [0.05, 0.1) is 23.6 Å². The molecule has 0 radical (unpaired) electrons. The second-order valence-electron chi connectivity index (χ2n) is 9.12. The molecular formula is C24H26F3N9O. The Morgan fingerprint density at radius 2 is 1.97 bits per heavy atom. The molecule has 10 nitrogen and oxygen atoms in total. The van der Waals surface area contributed by atoms with Crippen molar-refractivity contribution >= 4 is 17.6 Å². The van der Waals surface area contributed by atoms with Crippen LogP contribution in [-0.4, -0.2) is 62.1 Å². The fourth-order valence-electron chi connectivity index (χ4n) is 3.92. The van der Waals surface area contributed by atoms with Crippen molar-refractivity contribution < 1.29 is 18.0 Å². The first-order valence-corrected chi connectivity index (χ1v) is 11.4. The van der Waals surface area contributed by atoms with Gasteiger partial charge in [0.15, 0.2) is 0 Å². The van der Waals surface area contributed by atoms with Gasteiger partial charge in [0.2, 0.25) is 11.7 Å². The smallest absolute Gasteiger partial charge is 0.363 e. The molecule has 0 fully saturated rings. The maximum absolute atomic E-state index is 13.4. The highest BCUT2D eigenvalue weighted by Crippen LogP contribution is 2.33. The molecule has 1 N–H and O–H groups in total. The molecular weight excluding hydrogens is 487 g/mol. The normalized spacial score (nSPS) is 17.5. The van der Waals surface area contributed by atoms with Gasteiger partial charge in [0.25, 0.3) is 0 Å². The van der Waals surface area contributed by atoms with Crippen LogP contribution in [0.5, 0.6) is 0 Å². The molecule has 1 atom stereocenters. The van der Waals surface area contributed by atoms with Crippen molar-refractivity contribution in [3.63, 3.8) is 0 Å². The summed E-state index contributed by atoms with van der Waals surface area (Å²) in [5, 5.41) is 7.13. The second-order valence-corrected chi connectivity index (χ2v) is 9.12. The monoisotopic (exact) mass is 513 g/mol. The number of anilines is 1. The van der Waals surface area contributed by atoms with Gasteiger partial charge in [-0.05, 0) is 26.8 Å². The van der Waals surface area contributed by atoms with Crippen LogP contribution in [0.4, 0.5) is 19.0 Å². The predicted molar refractivity (Wildman–Crippen MR) is 131 cm³/mol. The van der Waals surface area contributed by atoms with Crippen LogP contribution >= 0.6 is 0 Å². The second kappa shape index (κ2) is 9.71. The zero-order valence-electron chi connectivity index (χ0n) is 21.0. The maximum Gasteiger partial charge on any atom is 0.451 e. The number of halogens is 3. The number of hydrogen-bond donors (Lipinski definition) is 1. The maximum atomic E-state index is 13.4. The van der Waals surface area contributed by atoms with Gasteiger partial charge >= 0.3 is 6.18 Å². The number of nitrogens with zero attached hydrogens (tertiary/aromatic N) is 8. The number of nitrogens with one attached hydrogen (secondary N) is 1. The number of dihydropyridines is 1. The Labute approximate surface area is 211 Å². The largest absolute Gasteiger partial charge is 0.451 e. The predicted octanol–water partition coefficient (Wildman–Crippen LogP) is 2.87. The van der Waals surface area contributed by atoms with Crippen molar-refractivity contribution in [3.8, 4) is 11.3 Å². The first-order valence-electron chi connectivity index (χ1n) is 11.4. The van der Waals surface area contributed by atoms with Gasteiger partial charge < -0.3 is 10.2 Å². The lowest BCUT2D eigenvalue weighted by molar-refractivity contribution is -0.144. The van der Waals surface area contributed by atoms with Crippen LogP contribution < -0.4 is 10.2 Å². The molecule has 0 bridgehead atoms. The Hall–Kier alpha value is -4.16. The molecule has 1 aliphatic heterocycles. The van der Waals surface area contributed by atoms with E-state index in [9.17, 15) is 18.0 Å². The van der Waals surface area contributed by atoms with Crippen LogP contribution in [-0.2, 0) is 22.9 Å². The molecule has 4 rings (SSSR count). The molecule has 0 saturated heterocycles. The van der Waals surface area contributed by atoms with Gasteiger partial charge in [-0.15, -0.1) is 0 Å². The SMILES string of the molecule is Cc1nn(CC(=O)NC2=NCC(C)(c3cnccn3)C=C2)c(C)c1-c1cc(N(C)C)nc(C(F)(F)F)n1. The minimum Gasteiger partial charge on any atom is -0.363 e. The molecule has 1 aliphatic rings. The van der Waals surface area contributed by atoms with E-state index in [4.69, 9.17) is 0 Å². The summed E-state index contributed by atoms with van der Waals surface area (Å²) in [6.07, 6.45) is 3.81. The number of amidine groups is 1. The molecule has 4 heterocycles. The molecule has 0 aromatic carbocycles. The van der Waals surface area contributed by atoms with Crippen LogP contribution in [0.3, 0.4) is 0 Å². The summed E-state index contributed by atoms with van der Waals surface area (Å²) in [6, 6.07) is 1.46. The summed E-state index contributed by atoms with van der Waals surface area (Å²) in [6.45, 7) is 5.54. The van der Waals surface area contributed by atoms with E-state index < -0.39 is 17.4 Å². The van der Waals surface area contributed by atoms with Crippen LogP contribution in [0.25, 0.3) is 11.3 Å². The Morgan fingerprint density at radius 3 is 2.57 bits per heavy atom. The molecule has 37 heavy (non-hydrogen) atoms. The van der Waals surface area contributed by atoms with E-state index in [1.165, 1.54) is 15.6 Å². The Morgan fingerprint density at radius 1 is 1.22 bits per heavy atom. The quantitative estimate of drug-likeness (QED) is 0.558. The first kappa shape index (κ1) is 25.9. The fraction of sp³-hybridized carbons (Fsp3) is 0.375. The van der Waals surface area contributed by atoms with Gasteiger partial charge in [0, 0.05) is 55.4 Å². The molecule has 194 valence electrons. The summed E-state index contributed by atoms with van der Waals surface area (Å²) in [7, 11) is 3.19. The van der Waals surface area contributed by atoms with Crippen molar-refractivity contribution in [1.29, 1.82) is 0 Å². The van der Waals surface area contributed by atoms with Gasteiger partial charge in [-0.25, -0.2) is 9.97 Å². The van der Waals surface area contributed by atoms with E-state index in [1.54, 1.807) is 52.6 Å². The number of hydrogen-bond acceptors (Lipinski definition) is 8. The lowest BCUT2D eigenvalue weighted by Crippen LogP contribution is -2.37. The number of rotatable bonds is 5. The minimum atomic E-state index is -4.71. The molecule has 3 aromatic heterocycles. The number of amides is 1. The molecule has 0 aliphatic carbocycles. The van der Waals surface area contributed by atoms with Crippen molar-refractivity contribution in [1.82, 2.24) is 35.0 Å². The Balaban J connectivity index is 1.52. The number of aryl methyl sites for hydroxylation is 1. The molecule has 0 spiro atoms. The van der Waals surface area contributed by atoms with E-state index in [0.29, 0.717) is 29.3 Å². The Kier molecular flexibility index (Phi) is 6.80. The van der Waals surface area contributed by atoms with E-state index in [1.807, 2.05) is 13.0 Å². The van der Waals surface area contributed by atoms with Crippen LogP contribution in [0, 0.1) is 13.8 Å². The average molecular weight is 514 g/mol. The topological polar surface area (TPSA) is 114 Å². The van der Waals surface area contributed by atoms with Crippen LogP contribution in [0.1, 0.15) is 29.8 Å². The third-order valence-corrected chi connectivity index (χ3v) is 5.96. The molecule has 1 amide bonds. The number of carbonyl (C=O) groups excluding carboxylic acids is 1. The summed E-state index contributed by atoms with van der Waals surface area (Å²) in [4.78, 5) is 34.5. The fourth-order valence-corrected chi connectivity index (χ4v) is 3.92. The lowest BCUT2D eigenvalue weighted by atomic mass is 9.85. The van der Waals surface area contributed by atoms with Crippen molar-refractivity contribution in [2.24, 2.45) is 4.99 Å². The number of aromatic nitrogens is 6. The summed E-state index contributed by atoms with van der Waals surface area (Å²) < 4.78 is 41.7. The number of aliphatic imine (C=N–C) groups is 1. The van der Waals surface area contributed by atoms with Gasteiger partial charge in [-0.2, -0.15) is 18.3 Å². The average Bonchev–Trinajstić information content (AvgIpc) is 3.12. The standard InChI is InChI=1S/C24H26F3N9O/c1-14-21(16-10-19(35(4)5)33-22(31-16)24(25,26)27)15(2)36(34-14)12-20(37)32-18-6-7-23(3,13-30-18)17-11-28-8-9-29-17/h6-11H,12-13H2,1-5H3,(H,30,32,37). The third kappa shape index (κ3) is 5.49. The molecule has 13 heteroatoms. The molecule has 1 unspecified atom stereocenters. The third-order valence-electron chi connectivity index (χ3n) is 5.96. The van der Waals surface area contributed by atoms with Crippen molar-refractivity contribution in [2.75, 3.05) is 25.5 Å². The summed E-state index contributed by atoms with van der Waals surface area (Å²) in [5.41, 5.74) is 1.77. The van der Waals surface area contributed by atoms with E-state index >= 15 is 0 Å². The van der Waals surface area contributed by atoms with E-state index in [0.717, 1.165) is 5.69 Å². The van der Waals surface area contributed by atoms with E-state index in [-0.39, 0.29) is 24.0 Å². The Bertz CT molecular complexity index is 1380. The van der Waals surface area contributed by atoms with Crippen LogP contribution in [0.15, 0.2) is 41.8 Å². The highest BCUT2D eigenvalue weighted by molar-refractivity contribution is 6.04. The van der Waals surface area contributed by atoms with Gasteiger partial charge in [-0.1, -0.05) is 6.08 Å².